The fraction of sp³-hybridized carbons (Fsp3) is 0.435. The number of likely N-dealkylation sites (tertiary alicyclic amines) is 1. The Hall–Kier alpha value is -2.13. The molecule has 3 nitrogen and oxygen atoms in total. The Morgan fingerprint density at radius 2 is 1.81 bits per heavy atom. The van der Waals surface area contributed by atoms with Crippen LogP contribution in [0.1, 0.15) is 61.0 Å². The van der Waals surface area contributed by atoms with Crippen molar-refractivity contribution in [2.24, 2.45) is 5.92 Å². The molecule has 26 heavy (non-hydrogen) atoms. The van der Waals surface area contributed by atoms with Crippen molar-refractivity contribution in [1.29, 1.82) is 0 Å². The van der Waals surface area contributed by atoms with E-state index in [0.29, 0.717) is 11.5 Å². The fourth-order valence-electron chi connectivity index (χ4n) is 3.60. The first-order valence-corrected chi connectivity index (χ1v) is 9.74. The number of carbonyl (C=O) groups is 1. The summed E-state index contributed by atoms with van der Waals surface area (Å²) in [5.74, 6) is 1.23. The molecule has 1 heterocycles. The van der Waals surface area contributed by atoms with Gasteiger partial charge in [-0.2, -0.15) is 0 Å². The maximum atomic E-state index is 12.5. The molecule has 2 aromatic carbocycles. The van der Waals surface area contributed by atoms with Crippen molar-refractivity contribution in [3.05, 3.63) is 65.2 Å². The molecule has 3 heteroatoms. The number of rotatable bonds is 5. The molecular formula is C23H30N2O. The van der Waals surface area contributed by atoms with Crippen LogP contribution < -0.4 is 5.32 Å². The maximum Gasteiger partial charge on any atom is 0.255 e. The van der Waals surface area contributed by atoms with E-state index in [4.69, 9.17) is 0 Å². The van der Waals surface area contributed by atoms with E-state index in [1.165, 1.54) is 37.1 Å². The quantitative estimate of drug-likeness (QED) is 0.794. The van der Waals surface area contributed by atoms with E-state index in [0.717, 1.165) is 18.2 Å². The van der Waals surface area contributed by atoms with Gasteiger partial charge in [0.15, 0.2) is 0 Å². The van der Waals surface area contributed by atoms with E-state index in [1.54, 1.807) is 0 Å². The van der Waals surface area contributed by atoms with E-state index < -0.39 is 0 Å². The third-order valence-corrected chi connectivity index (χ3v) is 5.20. The largest absolute Gasteiger partial charge is 0.322 e. The van der Waals surface area contributed by atoms with Crippen LogP contribution in [-0.2, 0) is 6.54 Å². The van der Waals surface area contributed by atoms with Gasteiger partial charge >= 0.3 is 0 Å². The maximum absolute atomic E-state index is 12.5. The van der Waals surface area contributed by atoms with Crippen molar-refractivity contribution in [3.8, 4) is 0 Å². The van der Waals surface area contributed by atoms with Gasteiger partial charge in [0.2, 0.25) is 0 Å². The van der Waals surface area contributed by atoms with Crippen LogP contribution in [0.4, 0.5) is 5.69 Å². The summed E-state index contributed by atoms with van der Waals surface area (Å²) in [4.78, 5) is 15.0. The van der Waals surface area contributed by atoms with Crippen molar-refractivity contribution in [1.82, 2.24) is 4.90 Å². The molecule has 0 aromatic heterocycles. The molecule has 1 saturated heterocycles. The molecule has 2 aromatic rings. The average Bonchev–Trinajstić information content (AvgIpc) is 2.63. The van der Waals surface area contributed by atoms with Gasteiger partial charge in [0.25, 0.3) is 5.91 Å². The number of benzene rings is 2. The molecule has 0 aliphatic carbocycles. The Morgan fingerprint density at radius 1 is 1.12 bits per heavy atom. The third-order valence-electron chi connectivity index (χ3n) is 5.20. The van der Waals surface area contributed by atoms with Crippen molar-refractivity contribution < 1.29 is 4.79 Å². The molecule has 3 rings (SSSR count). The molecule has 1 fully saturated rings. The zero-order valence-electron chi connectivity index (χ0n) is 16.2. The van der Waals surface area contributed by atoms with Gasteiger partial charge in [-0.1, -0.05) is 45.0 Å². The average molecular weight is 351 g/mol. The number of nitrogens with one attached hydrogen (secondary N) is 1. The highest BCUT2D eigenvalue weighted by Crippen LogP contribution is 2.19. The molecule has 138 valence electrons. The van der Waals surface area contributed by atoms with Gasteiger partial charge < -0.3 is 5.32 Å². The smallest absolute Gasteiger partial charge is 0.255 e. The van der Waals surface area contributed by atoms with Gasteiger partial charge in [0.05, 0.1) is 0 Å². The van der Waals surface area contributed by atoms with E-state index in [-0.39, 0.29) is 5.91 Å². The molecule has 1 aliphatic heterocycles. The number of hydrogen-bond donors (Lipinski definition) is 1. The lowest BCUT2D eigenvalue weighted by molar-refractivity contribution is 0.102. The molecule has 1 aliphatic rings. The second kappa shape index (κ2) is 8.50. The summed E-state index contributed by atoms with van der Waals surface area (Å²) in [6, 6.07) is 16.1. The van der Waals surface area contributed by atoms with E-state index >= 15 is 0 Å². The second-order valence-electron chi connectivity index (χ2n) is 7.91. The molecule has 1 atom stereocenters. The number of carbonyl (C=O) groups excluding carboxylic acids is 1. The van der Waals surface area contributed by atoms with Crippen LogP contribution in [0.3, 0.4) is 0 Å². The van der Waals surface area contributed by atoms with Crippen LogP contribution in [0.25, 0.3) is 0 Å². The van der Waals surface area contributed by atoms with E-state index in [9.17, 15) is 4.79 Å². The first-order valence-electron chi connectivity index (χ1n) is 9.74. The zero-order valence-corrected chi connectivity index (χ0v) is 16.2. The summed E-state index contributed by atoms with van der Waals surface area (Å²) in [6.07, 6.45) is 2.63. The van der Waals surface area contributed by atoms with Crippen LogP contribution in [-0.4, -0.2) is 23.9 Å². The highest BCUT2D eigenvalue weighted by Gasteiger charge is 2.16. The fourth-order valence-corrected chi connectivity index (χ4v) is 3.60. The molecule has 1 N–H and O–H groups in total. The predicted octanol–water partition coefficient (Wildman–Crippen LogP) is 5.29. The number of amides is 1. The van der Waals surface area contributed by atoms with Crippen LogP contribution in [0.15, 0.2) is 48.5 Å². The SMILES string of the molecule is CC1CCCN(Cc2ccc(C(=O)Nc3ccc(C(C)C)cc3)cc2)C1. The zero-order chi connectivity index (χ0) is 18.5. The van der Waals surface area contributed by atoms with Crippen LogP contribution in [0.5, 0.6) is 0 Å². The lowest BCUT2D eigenvalue weighted by Gasteiger charge is -2.30. The monoisotopic (exact) mass is 350 g/mol. The second-order valence-corrected chi connectivity index (χ2v) is 7.91. The van der Waals surface area contributed by atoms with Gasteiger partial charge in [-0.15, -0.1) is 0 Å². The minimum atomic E-state index is -0.0551. The summed E-state index contributed by atoms with van der Waals surface area (Å²) in [7, 11) is 0. The van der Waals surface area contributed by atoms with Crippen molar-refractivity contribution >= 4 is 11.6 Å². The van der Waals surface area contributed by atoms with Gasteiger partial charge in [-0.25, -0.2) is 0 Å². The minimum absolute atomic E-state index is 0.0551. The highest BCUT2D eigenvalue weighted by atomic mass is 16.1. The summed E-state index contributed by atoms with van der Waals surface area (Å²) in [5.41, 5.74) is 4.09. The van der Waals surface area contributed by atoms with Crippen molar-refractivity contribution in [2.45, 2.75) is 46.1 Å². The van der Waals surface area contributed by atoms with E-state index in [1.807, 2.05) is 24.3 Å². The molecule has 0 bridgehead atoms. The number of nitrogens with zero attached hydrogens (tertiary/aromatic N) is 1. The topological polar surface area (TPSA) is 32.3 Å². The van der Waals surface area contributed by atoms with Gasteiger partial charge in [-0.05, 0) is 66.6 Å². The van der Waals surface area contributed by atoms with Gasteiger partial charge in [0.1, 0.15) is 0 Å². The van der Waals surface area contributed by atoms with Gasteiger partial charge in [0, 0.05) is 24.3 Å². The Bertz CT molecular complexity index is 719. The van der Waals surface area contributed by atoms with E-state index in [2.05, 4.69) is 55.3 Å². The highest BCUT2D eigenvalue weighted by molar-refractivity contribution is 6.04. The Labute approximate surface area is 157 Å². The van der Waals surface area contributed by atoms with Crippen molar-refractivity contribution in [2.75, 3.05) is 18.4 Å². The number of anilines is 1. The summed E-state index contributed by atoms with van der Waals surface area (Å²) < 4.78 is 0. The molecule has 0 radical (unpaired) electrons. The lowest BCUT2D eigenvalue weighted by atomic mass is 9.99. The first-order chi connectivity index (χ1) is 12.5. The van der Waals surface area contributed by atoms with Gasteiger partial charge in [-0.3, -0.25) is 9.69 Å². The molecule has 1 unspecified atom stereocenters. The summed E-state index contributed by atoms with van der Waals surface area (Å²) in [6.45, 7) is 9.99. The molecule has 0 saturated carbocycles. The predicted molar refractivity (Wildman–Crippen MR) is 109 cm³/mol. The lowest BCUT2D eigenvalue weighted by Crippen LogP contribution is -2.33. The van der Waals surface area contributed by atoms with Crippen LogP contribution >= 0.6 is 0 Å². The summed E-state index contributed by atoms with van der Waals surface area (Å²) >= 11 is 0. The Kier molecular flexibility index (Phi) is 6.10. The first kappa shape index (κ1) is 18.7. The Morgan fingerprint density at radius 3 is 2.42 bits per heavy atom. The third kappa shape index (κ3) is 4.95. The van der Waals surface area contributed by atoms with Crippen LogP contribution in [0, 0.1) is 5.92 Å². The Balaban J connectivity index is 1.58. The standard InChI is InChI=1S/C23H30N2O/c1-17(2)20-10-12-22(13-11-20)24-23(26)21-8-6-19(7-9-21)16-25-14-4-5-18(3)15-25/h6-13,17-18H,4-5,14-16H2,1-3H3,(H,24,26). The van der Waals surface area contributed by atoms with Crippen molar-refractivity contribution in [3.63, 3.8) is 0 Å². The number of piperidine rings is 1. The van der Waals surface area contributed by atoms with Crippen LogP contribution in [0.2, 0.25) is 0 Å². The molecule has 1 amide bonds. The summed E-state index contributed by atoms with van der Waals surface area (Å²) in [5, 5.41) is 2.98. The normalized spacial score (nSPS) is 18.1. The molecular weight excluding hydrogens is 320 g/mol. The molecule has 0 spiro atoms. The minimum Gasteiger partial charge on any atom is -0.322 e. The number of hydrogen-bond acceptors (Lipinski definition) is 2.